The van der Waals surface area contributed by atoms with Crippen molar-refractivity contribution in [2.75, 3.05) is 0 Å². The monoisotopic (exact) mass is 226 g/mol. The third kappa shape index (κ3) is 1.44. The predicted molar refractivity (Wildman–Crippen MR) is 62.1 cm³/mol. The minimum Gasteiger partial charge on any atom is -0.392 e. The maximum atomic E-state index is 9.31. The summed E-state index contributed by atoms with van der Waals surface area (Å²) in [6.45, 7) is 2.17. The third-order valence-electron chi connectivity index (χ3n) is 2.33. The number of hydrogen-bond donors (Lipinski definition) is 1. The van der Waals surface area contributed by atoms with Crippen molar-refractivity contribution in [1.82, 2.24) is 0 Å². The number of thiophene rings is 1. The van der Waals surface area contributed by atoms with Gasteiger partial charge < -0.3 is 5.11 Å². The summed E-state index contributed by atoms with van der Waals surface area (Å²) in [7, 11) is 0. The second-order valence-electron chi connectivity index (χ2n) is 3.13. The highest BCUT2D eigenvalue weighted by molar-refractivity contribution is 7.19. The summed E-state index contributed by atoms with van der Waals surface area (Å²) < 4.78 is 1.17. The number of rotatable bonds is 2. The SMILES string of the molecule is CCc1sc2cccc(Cl)c2c1CO. The van der Waals surface area contributed by atoms with Gasteiger partial charge in [0.25, 0.3) is 0 Å². The number of fused-ring (bicyclic) bond motifs is 1. The van der Waals surface area contributed by atoms with E-state index in [0.29, 0.717) is 0 Å². The Bertz CT molecular complexity index is 462. The van der Waals surface area contributed by atoms with Gasteiger partial charge in [-0.05, 0) is 18.6 Å². The number of halogens is 1. The third-order valence-corrected chi connectivity index (χ3v) is 3.98. The molecule has 1 aromatic heterocycles. The zero-order valence-corrected chi connectivity index (χ0v) is 9.45. The first-order valence-corrected chi connectivity index (χ1v) is 5.77. The molecule has 0 aliphatic heterocycles. The lowest BCUT2D eigenvalue weighted by molar-refractivity contribution is 0.283. The number of hydrogen-bond acceptors (Lipinski definition) is 2. The van der Waals surface area contributed by atoms with E-state index in [9.17, 15) is 5.11 Å². The van der Waals surface area contributed by atoms with E-state index >= 15 is 0 Å². The van der Waals surface area contributed by atoms with Gasteiger partial charge in [0.2, 0.25) is 0 Å². The summed E-state index contributed by atoms with van der Waals surface area (Å²) in [5.41, 5.74) is 0.998. The van der Waals surface area contributed by atoms with Crippen molar-refractivity contribution in [2.45, 2.75) is 20.0 Å². The first kappa shape index (κ1) is 9.97. The second-order valence-corrected chi connectivity index (χ2v) is 4.67. The van der Waals surface area contributed by atoms with Crippen LogP contribution in [0, 0.1) is 0 Å². The summed E-state index contributed by atoms with van der Waals surface area (Å²) in [5, 5.41) is 11.1. The van der Waals surface area contributed by atoms with Crippen LogP contribution in [-0.4, -0.2) is 5.11 Å². The minimum absolute atomic E-state index is 0.0763. The molecule has 0 bridgehead atoms. The van der Waals surface area contributed by atoms with Crippen molar-refractivity contribution in [3.63, 3.8) is 0 Å². The fraction of sp³-hybridized carbons (Fsp3) is 0.273. The fourth-order valence-corrected chi connectivity index (χ4v) is 3.19. The van der Waals surface area contributed by atoms with Gasteiger partial charge in [-0.3, -0.25) is 0 Å². The molecular formula is C11H11ClOS. The van der Waals surface area contributed by atoms with E-state index in [1.807, 2.05) is 18.2 Å². The summed E-state index contributed by atoms with van der Waals surface area (Å²) in [4.78, 5) is 1.23. The summed E-state index contributed by atoms with van der Waals surface area (Å²) in [5.74, 6) is 0. The molecule has 1 N–H and O–H groups in total. The van der Waals surface area contributed by atoms with Crippen molar-refractivity contribution < 1.29 is 5.11 Å². The van der Waals surface area contributed by atoms with Crippen molar-refractivity contribution >= 4 is 33.0 Å². The highest BCUT2D eigenvalue weighted by Crippen LogP contribution is 2.36. The molecule has 3 heteroatoms. The normalized spacial score (nSPS) is 11.1. The van der Waals surface area contributed by atoms with Crippen LogP contribution in [0.1, 0.15) is 17.4 Å². The number of aryl methyl sites for hydroxylation is 1. The van der Waals surface area contributed by atoms with Gasteiger partial charge in [-0.15, -0.1) is 11.3 Å². The van der Waals surface area contributed by atoms with Gasteiger partial charge in [0.05, 0.1) is 6.61 Å². The molecule has 74 valence electrons. The van der Waals surface area contributed by atoms with Crippen LogP contribution in [0.25, 0.3) is 10.1 Å². The summed E-state index contributed by atoms with van der Waals surface area (Å²) >= 11 is 7.83. The first-order valence-electron chi connectivity index (χ1n) is 4.57. The van der Waals surface area contributed by atoms with E-state index in [1.165, 1.54) is 9.58 Å². The van der Waals surface area contributed by atoms with Gasteiger partial charge in [-0.2, -0.15) is 0 Å². The Morgan fingerprint density at radius 3 is 2.86 bits per heavy atom. The summed E-state index contributed by atoms with van der Waals surface area (Å²) in [6.07, 6.45) is 0.950. The van der Waals surface area contributed by atoms with Crippen LogP contribution < -0.4 is 0 Å². The fourth-order valence-electron chi connectivity index (χ4n) is 1.67. The Kier molecular flexibility index (Phi) is 2.77. The van der Waals surface area contributed by atoms with E-state index in [0.717, 1.165) is 22.4 Å². The van der Waals surface area contributed by atoms with Crippen LogP contribution in [0.4, 0.5) is 0 Å². The van der Waals surface area contributed by atoms with Gasteiger partial charge in [0.15, 0.2) is 0 Å². The quantitative estimate of drug-likeness (QED) is 0.830. The minimum atomic E-state index is 0.0763. The number of aliphatic hydroxyl groups is 1. The van der Waals surface area contributed by atoms with E-state index in [2.05, 4.69) is 6.92 Å². The van der Waals surface area contributed by atoms with E-state index in [4.69, 9.17) is 11.6 Å². The van der Waals surface area contributed by atoms with E-state index < -0.39 is 0 Å². The van der Waals surface area contributed by atoms with Crippen molar-refractivity contribution in [3.8, 4) is 0 Å². The van der Waals surface area contributed by atoms with Crippen molar-refractivity contribution in [1.29, 1.82) is 0 Å². The molecular weight excluding hydrogens is 216 g/mol. The highest BCUT2D eigenvalue weighted by atomic mass is 35.5. The topological polar surface area (TPSA) is 20.2 Å². The second kappa shape index (κ2) is 3.89. The number of aliphatic hydroxyl groups excluding tert-OH is 1. The molecule has 2 aromatic rings. The molecule has 0 saturated carbocycles. The van der Waals surface area contributed by atoms with Crippen molar-refractivity contribution in [2.24, 2.45) is 0 Å². The van der Waals surface area contributed by atoms with Crippen LogP contribution in [0.5, 0.6) is 0 Å². The predicted octanol–water partition coefficient (Wildman–Crippen LogP) is 3.61. The van der Waals surface area contributed by atoms with Gasteiger partial charge in [0.1, 0.15) is 0 Å². The van der Waals surface area contributed by atoms with Gasteiger partial charge in [-0.1, -0.05) is 24.6 Å². The average Bonchev–Trinajstić information content (AvgIpc) is 2.56. The lowest BCUT2D eigenvalue weighted by Gasteiger charge is -1.98. The van der Waals surface area contributed by atoms with E-state index in [-0.39, 0.29) is 6.61 Å². The van der Waals surface area contributed by atoms with Gasteiger partial charge in [-0.25, -0.2) is 0 Å². The Labute approximate surface area is 91.9 Å². The maximum Gasteiger partial charge on any atom is 0.0699 e. The molecule has 0 aliphatic carbocycles. The van der Waals surface area contributed by atoms with Crippen LogP contribution in [0.2, 0.25) is 5.02 Å². The molecule has 1 heterocycles. The number of benzene rings is 1. The molecule has 0 atom stereocenters. The van der Waals surface area contributed by atoms with Crippen molar-refractivity contribution in [3.05, 3.63) is 33.7 Å². The van der Waals surface area contributed by atoms with E-state index in [1.54, 1.807) is 11.3 Å². The molecule has 2 rings (SSSR count). The lowest BCUT2D eigenvalue weighted by Crippen LogP contribution is -1.86. The zero-order valence-electron chi connectivity index (χ0n) is 7.88. The first-order chi connectivity index (χ1) is 6.77. The van der Waals surface area contributed by atoms with Gasteiger partial charge in [0, 0.05) is 25.5 Å². The molecule has 0 spiro atoms. The zero-order chi connectivity index (χ0) is 10.1. The van der Waals surface area contributed by atoms with Crippen LogP contribution >= 0.6 is 22.9 Å². The Balaban J connectivity index is 2.81. The highest BCUT2D eigenvalue weighted by Gasteiger charge is 2.11. The Morgan fingerprint density at radius 1 is 1.43 bits per heavy atom. The van der Waals surface area contributed by atoms with Crippen LogP contribution in [-0.2, 0) is 13.0 Å². The van der Waals surface area contributed by atoms with Crippen LogP contribution in [0.15, 0.2) is 18.2 Å². The molecule has 1 nitrogen and oxygen atoms in total. The molecule has 0 aliphatic rings. The smallest absolute Gasteiger partial charge is 0.0699 e. The molecule has 14 heavy (non-hydrogen) atoms. The maximum absolute atomic E-state index is 9.31. The van der Waals surface area contributed by atoms with Gasteiger partial charge >= 0.3 is 0 Å². The molecule has 0 amide bonds. The lowest BCUT2D eigenvalue weighted by atomic mass is 10.1. The molecule has 0 saturated heterocycles. The molecule has 0 unspecified atom stereocenters. The molecule has 1 aromatic carbocycles. The average molecular weight is 227 g/mol. The summed E-state index contributed by atoms with van der Waals surface area (Å²) in [6, 6.07) is 5.86. The molecule has 0 fully saturated rings. The van der Waals surface area contributed by atoms with Crippen LogP contribution in [0.3, 0.4) is 0 Å². The Hall–Kier alpha value is -0.570. The molecule has 0 radical (unpaired) electrons. The Morgan fingerprint density at radius 2 is 2.21 bits per heavy atom. The largest absolute Gasteiger partial charge is 0.392 e. The standard InChI is InChI=1S/C11H11ClOS/c1-2-9-7(6-13)11-8(12)4-3-5-10(11)14-9/h3-5,13H,2,6H2,1H3.